The number of rotatable bonds is 4. The first-order valence-corrected chi connectivity index (χ1v) is 5.52. The second-order valence-corrected chi connectivity index (χ2v) is 4.17. The van der Waals surface area contributed by atoms with Crippen molar-refractivity contribution in [2.75, 3.05) is 13.1 Å². The van der Waals surface area contributed by atoms with Crippen molar-refractivity contribution < 1.29 is 0 Å². The molecule has 0 amide bonds. The Balaban J connectivity index is 2.28. The average molecular weight is 169 g/mol. The van der Waals surface area contributed by atoms with E-state index in [4.69, 9.17) is 0 Å². The molecule has 1 atom stereocenters. The van der Waals surface area contributed by atoms with Gasteiger partial charge in [-0.05, 0) is 32.2 Å². The number of hydrogen-bond donors (Lipinski definition) is 0. The minimum atomic E-state index is 0.852. The predicted molar refractivity (Wildman–Crippen MR) is 54.3 cm³/mol. The van der Waals surface area contributed by atoms with Crippen LogP contribution >= 0.6 is 0 Å². The molecule has 1 saturated heterocycles. The molecular formula is C11H23N. The largest absolute Gasteiger partial charge is 0.300 e. The fraction of sp³-hybridized carbons (Fsp3) is 1.00. The molecule has 1 nitrogen and oxygen atoms in total. The van der Waals surface area contributed by atoms with Crippen LogP contribution in [0.3, 0.4) is 0 Å². The van der Waals surface area contributed by atoms with Crippen LogP contribution in [0.25, 0.3) is 0 Å². The van der Waals surface area contributed by atoms with E-state index in [2.05, 4.69) is 25.7 Å². The first kappa shape index (κ1) is 10.0. The van der Waals surface area contributed by atoms with Gasteiger partial charge in [-0.2, -0.15) is 0 Å². The van der Waals surface area contributed by atoms with Crippen LogP contribution < -0.4 is 0 Å². The van der Waals surface area contributed by atoms with Gasteiger partial charge in [0.1, 0.15) is 0 Å². The van der Waals surface area contributed by atoms with Crippen LogP contribution in [0.5, 0.6) is 0 Å². The summed E-state index contributed by atoms with van der Waals surface area (Å²) in [6, 6.07) is 0.852. The molecule has 1 heteroatoms. The van der Waals surface area contributed by atoms with Crippen LogP contribution in [0, 0.1) is 5.92 Å². The third-order valence-electron chi connectivity index (χ3n) is 3.34. The first-order valence-electron chi connectivity index (χ1n) is 5.52. The Morgan fingerprint density at radius 2 is 2.00 bits per heavy atom. The minimum absolute atomic E-state index is 0.852. The topological polar surface area (TPSA) is 3.24 Å². The Labute approximate surface area is 77.1 Å². The quantitative estimate of drug-likeness (QED) is 0.625. The number of likely N-dealkylation sites (tertiary alicyclic amines) is 1. The second kappa shape index (κ2) is 4.86. The van der Waals surface area contributed by atoms with E-state index in [1.54, 1.807) is 0 Å². The fourth-order valence-corrected chi connectivity index (χ4v) is 2.14. The van der Waals surface area contributed by atoms with Crippen molar-refractivity contribution in [2.24, 2.45) is 5.92 Å². The Hall–Kier alpha value is -0.0400. The lowest BCUT2D eigenvalue weighted by molar-refractivity contribution is 0.218. The van der Waals surface area contributed by atoms with Crippen molar-refractivity contribution in [3.63, 3.8) is 0 Å². The molecule has 0 saturated carbocycles. The Morgan fingerprint density at radius 3 is 2.42 bits per heavy atom. The van der Waals surface area contributed by atoms with E-state index in [0.717, 1.165) is 12.0 Å². The molecule has 0 aliphatic carbocycles. The minimum Gasteiger partial charge on any atom is -0.300 e. The van der Waals surface area contributed by atoms with Crippen LogP contribution in [0.15, 0.2) is 0 Å². The summed E-state index contributed by atoms with van der Waals surface area (Å²) in [6.07, 6.45) is 5.53. The van der Waals surface area contributed by atoms with Crippen LogP contribution in [0.2, 0.25) is 0 Å². The number of hydrogen-bond acceptors (Lipinski definition) is 1. The van der Waals surface area contributed by atoms with Gasteiger partial charge in [0, 0.05) is 12.6 Å². The Morgan fingerprint density at radius 1 is 1.33 bits per heavy atom. The maximum Gasteiger partial charge on any atom is 0.00675 e. The zero-order valence-electron chi connectivity index (χ0n) is 8.84. The summed E-state index contributed by atoms with van der Waals surface area (Å²) < 4.78 is 0. The van der Waals surface area contributed by atoms with E-state index in [1.807, 2.05) is 0 Å². The fourth-order valence-electron chi connectivity index (χ4n) is 2.14. The molecule has 1 aliphatic heterocycles. The van der Waals surface area contributed by atoms with Crippen molar-refractivity contribution in [3.8, 4) is 0 Å². The summed E-state index contributed by atoms with van der Waals surface area (Å²) in [5, 5.41) is 0. The summed E-state index contributed by atoms with van der Waals surface area (Å²) in [6.45, 7) is 9.69. The molecule has 0 bridgehead atoms. The molecule has 1 rings (SSSR count). The lowest BCUT2D eigenvalue weighted by atomic mass is 10.0. The lowest BCUT2D eigenvalue weighted by Gasteiger charge is -2.25. The van der Waals surface area contributed by atoms with Gasteiger partial charge in [0.15, 0.2) is 0 Å². The maximum absolute atomic E-state index is 2.66. The highest BCUT2D eigenvalue weighted by molar-refractivity contribution is 4.76. The van der Waals surface area contributed by atoms with Crippen LogP contribution in [0.1, 0.15) is 46.5 Å². The van der Waals surface area contributed by atoms with Gasteiger partial charge in [-0.25, -0.2) is 0 Å². The summed E-state index contributed by atoms with van der Waals surface area (Å²) in [7, 11) is 0. The van der Waals surface area contributed by atoms with E-state index in [-0.39, 0.29) is 0 Å². The van der Waals surface area contributed by atoms with Gasteiger partial charge >= 0.3 is 0 Å². The van der Waals surface area contributed by atoms with Gasteiger partial charge in [-0.3, -0.25) is 0 Å². The van der Waals surface area contributed by atoms with E-state index >= 15 is 0 Å². The average Bonchev–Trinajstić information content (AvgIpc) is 2.47. The molecule has 1 unspecified atom stereocenters. The summed E-state index contributed by atoms with van der Waals surface area (Å²) in [5.41, 5.74) is 0. The molecule has 72 valence electrons. The molecule has 12 heavy (non-hydrogen) atoms. The molecule has 1 aliphatic rings. The smallest absolute Gasteiger partial charge is 0.00675 e. The third-order valence-corrected chi connectivity index (χ3v) is 3.34. The van der Waals surface area contributed by atoms with Gasteiger partial charge in [0.2, 0.25) is 0 Å². The monoisotopic (exact) mass is 169 g/mol. The summed E-state index contributed by atoms with van der Waals surface area (Å²) >= 11 is 0. The van der Waals surface area contributed by atoms with Crippen LogP contribution in [-0.2, 0) is 0 Å². The molecule has 0 N–H and O–H groups in total. The zero-order valence-corrected chi connectivity index (χ0v) is 8.84. The van der Waals surface area contributed by atoms with Gasteiger partial charge < -0.3 is 4.90 Å². The molecule has 1 fully saturated rings. The lowest BCUT2D eigenvalue weighted by Crippen LogP contribution is -2.31. The summed E-state index contributed by atoms with van der Waals surface area (Å²) in [4.78, 5) is 2.66. The predicted octanol–water partition coefficient (Wildman–Crippen LogP) is 2.91. The highest BCUT2D eigenvalue weighted by Gasteiger charge is 2.21. The molecule has 0 aromatic heterocycles. The van der Waals surface area contributed by atoms with E-state index in [1.165, 1.54) is 38.8 Å². The van der Waals surface area contributed by atoms with Crippen molar-refractivity contribution in [1.29, 1.82) is 0 Å². The molecule has 0 spiro atoms. The second-order valence-electron chi connectivity index (χ2n) is 4.17. The molecule has 1 heterocycles. The van der Waals surface area contributed by atoms with E-state index in [9.17, 15) is 0 Å². The van der Waals surface area contributed by atoms with Gasteiger partial charge in [0.25, 0.3) is 0 Å². The van der Waals surface area contributed by atoms with Crippen molar-refractivity contribution >= 4 is 0 Å². The van der Waals surface area contributed by atoms with Crippen LogP contribution in [-0.4, -0.2) is 24.0 Å². The molecule has 0 radical (unpaired) electrons. The van der Waals surface area contributed by atoms with Gasteiger partial charge in [-0.15, -0.1) is 0 Å². The maximum atomic E-state index is 2.66. The van der Waals surface area contributed by atoms with Crippen molar-refractivity contribution in [3.05, 3.63) is 0 Å². The Kier molecular flexibility index (Phi) is 4.07. The highest BCUT2D eigenvalue weighted by Crippen LogP contribution is 2.20. The third kappa shape index (κ3) is 2.48. The zero-order chi connectivity index (χ0) is 8.97. The van der Waals surface area contributed by atoms with Crippen molar-refractivity contribution in [2.45, 2.75) is 52.5 Å². The summed E-state index contributed by atoms with van der Waals surface area (Å²) in [5.74, 6) is 0.936. The van der Waals surface area contributed by atoms with E-state index < -0.39 is 0 Å². The molecular weight excluding hydrogens is 146 g/mol. The van der Waals surface area contributed by atoms with Gasteiger partial charge in [-0.1, -0.05) is 26.7 Å². The number of nitrogens with zero attached hydrogens (tertiary/aromatic N) is 1. The molecule has 0 aromatic carbocycles. The van der Waals surface area contributed by atoms with Crippen molar-refractivity contribution in [1.82, 2.24) is 4.90 Å². The normalized spacial score (nSPS) is 25.5. The van der Waals surface area contributed by atoms with Crippen LogP contribution in [0.4, 0.5) is 0 Å². The molecule has 0 aromatic rings. The standard InChI is InChI=1S/C11H23N/c1-4-11(5-2)9-12-8-6-7-10(12)3/h10-11H,4-9H2,1-3H3. The van der Waals surface area contributed by atoms with Gasteiger partial charge in [0.05, 0.1) is 0 Å². The SMILES string of the molecule is CCC(CC)CN1CCCC1C. The first-order chi connectivity index (χ1) is 5.77. The highest BCUT2D eigenvalue weighted by atomic mass is 15.2. The Bertz CT molecular complexity index is 118. The van der Waals surface area contributed by atoms with E-state index in [0.29, 0.717) is 0 Å².